The summed E-state index contributed by atoms with van der Waals surface area (Å²) in [6.45, 7) is 10.7. The molecule has 1 aromatic carbocycles. The summed E-state index contributed by atoms with van der Waals surface area (Å²) in [6, 6.07) is 10.3. The van der Waals surface area contributed by atoms with E-state index in [4.69, 9.17) is 9.53 Å². The molecule has 0 spiro atoms. The first-order valence-corrected chi connectivity index (χ1v) is 9.87. The first kappa shape index (κ1) is 16.9. The molecule has 0 saturated carbocycles. The number of carbonyl (C=O) groups is 1. The Bertz CT molecular complexity index is 456. The third-order valence-electron chi connectivity index (χ3n) is 4.21. The van der Waals surface area contributed by atoms with Gasteiger partial charge < -0.3 is 9.53 Å². The summed E-state index contributed by atoms with van der Waals surface area (Å²) < 4.78 is 6.54. The van der Waals surface area contributed by atoms with Crippen LogP contribution in [0.5, 0.6) is 0 Å². The zero-order valence-corrected chi connectivity index (χ0v) is 14.2. The predicted molar refractivity (Wildman–Crippen MR) is 84.7 cm³/mol. The minimum Gasteiger partial charge on any atom is -0.478 e. The Labute approximate surface area is 123 Å². The van der Waals surface area contributed by atoms with Crippen LogP contribution in [0.3, 0.4) is 0 Å². The first-order chi connectivity index (χ1) is 9.30. The summed E-state index contributed by atoms with van der Waals surface area (Å²) in [6.07, 6.45) is 0. The van der Waals surface area contributed by atoms with Gasteiger partial charge in [-0.25, -0.2) is 4.79 Å². The highest BCUT2D eigenvalue weighted by molar-refractivity contribution is 6.73. The van der Waals surface area contributed by atoms with Crippen molar-refractivity contribution in [2.75, 3.05) is 0 Å². The van der Waals surface area contributed by atoms with Crippen molar-refractivity contribution in [3.63, 3.8) is 0 Å². The maximum Gasteiger partial charge on any atom is 0.335 e. The van der Waals surface area contributed by atoms with Crippen molar-refractivity contribution in [3.8, 4) is 0 Å². The smallest absolute Gasteiger partial charge is 0.335 e. The molecule has 0 heterocycles. The van der Waals surface area contributed by atoms with Crippen molar-refractivity contribution in [2.45, 2.75) is 58.4 Å². The van der Waals surface area contributed by atoms with Gasteiger partial charge in [-0.1, -0.05) is 32.9 Å². The Balaban J connectivity index is 3.09. The Morgan fingerprint density at radius 1 is 1.20 bits per heavy atom. The van der Waals surface area contributed by atoms with E-state index in [1.807, 2.05) is 19.9 Å². The van der Waals surface area contributed by atoms with Crippen molar-refractivity contribution in [1.82, 2.24) is 0 Å². The highest BCUT2D eigenvalue weighted by Crippen LogP contribution is 2.34. The summed E-state index contributed by atoms with van der Waals surface area (Å²) in [4.78, 5) is 11.1. The summed E-state index contributed by atoms with van der Waals surface area (Å²) in [5.41, 5.74) is 0.806. The van der Waals surface area contributed by atoms with E-state index >= 15 is 0 Å². The lowest BCUT2D eigenvalue weighted by atomic mass is 9.97. The van der Waals surface area contributed by atoms with Gasteiger partial charge in [0.1, 0.15) is 0 Å². The van der Waals surface area contributed by atoms with Crippen molar-refractivity contribution in [1.29, 1.82) is 0 Å². The Morgan fingerprint density at radius 3 is 2.20 bits per heavy atom. The molecular formula is C16H26O3Si. The fourth-order valence-electron chi connectivity index (χ4n) is 2.59. The molecule has 0 bridgehead atoms. The molecule has 4 heteroatoms. The number of carboxylic acid groups (broad SMARTS) is 1. The predicted octanol–water partition coefficient (Wildman–Crippen LogP) is 4.64. The molecule has 0 fully saturated rings. The van der Waals surface area contributed by atoms with Gasteiger partial charge in [0.2, 0.25) is 0 Å². The summed E-state index contributed by atoms with van der Waals surface area (Å²) in [7, 11) is -1.73. The fraction of sp³-hybridized carbons (Fsp3) is 0.562. The Kier molecular flexibility index (Phi) is 5.54. The largest absolute Gasteiger partial charge is 0.478 e. The number of aromatic carboxylic acids is 1. The number of benzene rings is 1. The minimum atomic E-state index is -1.73. The molecule has 112 valence electrons. The summed E-state index contributed by atoms with van der Waals surface area (Å²) in [5.74, 6) is -0.896. The van der Waals surface area contributed by atoms with E-state index in [0.29, 0.717) is 5.56 Å². The molecule has 0 aliphatic heterocycles. The van der Waals surface area contributed by atoms with Gasteiger partial charge in [-0.15, -0.1) is 0 Å². The molecule has 0 aliphatic rings. The SMILES string of the molecule is CC[Si](CC)(CC)OC(C)(C)c1cccc(C(=O)O)c1. The maximum atomic E-state index is 11.1. The van der Waals surface area contributed by atoms with Crippen LogP contribution in [0, 0.1) is 0 Å². The molecule has 0 aromatic heterocycles. The molecular weight excluding hydrogens is 268 g/mol. The van der Waals surface area contributed by atoms with Gasteiger partial charge in [-0.3, -0.25) is 0 Å². The van der Waals surface area contributed by atoms with Gasteiger partial charge in [0.05, 0.1) is 11.2 Å². The van der Waals surface area contributed by atoms with Crippen LogP contribution in [0.1, 0.15) is 50.5 Å². The zero-order chi connectivity index (χ0) is 15.4. The lowest BCUT2D eigenvalue weighted by Crippen LogP contribution is -2.43. The van der Waals surface area contributed by atoms with Crippen LogP contribution in [-0.2, 0) is 10.0 Å². The third kappa shape index (κ3) is 3.70. The van der Waals surface area contributed by atoms with Crippen LogP contribution in [0.25, 0.3) is 0 Å². The Hall–Kier alpha value is -1.13. The van der Waals surface area contributed by atoms with Gasteiger partial charge >= 0.3 is 5.97 Å². The molecule has 0 unspecified atom stereocenters. The molecule has 0 radical (unpaired) electrons. The standard InChI is InChI=1S/C16H26O3Si/c1-6-20(7-2,8-3)19-16(4,5)14-11-9-10-13(12-14)15(17)18/h9-12H,6-8H2,1-5H3,(H,17,18). The second-order valence-corrected chi connectivity index (χ2v) is 10.4. The molecule has 0 saturated heterocycles. The highest BCUT2D eigenvalue weighted by atomic mass is 28.4. The van der Waals surface area contributed by atoms with Crippen LogP contribution in [0.15, 0.2) is 24.3 Å². The molecule has 20 heavy (non-hydrogen) atoms. The molecule has 3 nitrogen and oxygen atoms in total. The summed E-state index contributed by atoms with van der Waals surface area (Å²) in [5, 5.41) is 9.11. The molecule has 1 N–H and O–H groups in total. The summed E-state index contributed by atoms with van der Waals surface area (Å²) >= 11 is 0. The van der Waals surface area contributed by atoms with E-state index in [0.717, 1.165) is 23.7 Å². The van der Waals surface area contributed by atoms with Crippen LogP contribution < -0.4 is 0 Å². The minimum absolute atomic E-state index is 0.316. The quantitative estimate of drug-likeness (QED) is 0.745. The van der Waals surface area contributed by atoms with Gasteiger partial charge in [0.25, 0.3) is 0 Å². The monoisotopic (exact) mass is 294 g/mol. The van der Waals surface area contributed by atoms with Gasteiger partial charge in [-0.2, -0.15) is 0 Å². The number of carboxylic acids is 1. The van der Waals surface area contributed by atoms with E-state index in [1.165, 1.54) is 0 Å². The van der Waals surface area contributed by atoms with Gasteiger partial charge in [0.15, 0.2) is 8.32 Å². The van der Waals surface area contributed by atoms with Crippen molar-refractivity contribution >= 4 is 14.3 Å². The first-order valence-electron chi connectivity index (χ1n) is 7.34. The van der Waals surface area contributed by atoms with Crippen LogP contribution in [0.4, 0.5) is 0 Å². The fourth-order valence-corrected chi connectivity index (χ4v) is 5.73. The third-order valence-corrected chi connectivity index (χ3v) is 9.02. The van der Waals surface area contributed by atoms with E-state index in [9.17, 15) is 4.79 Å². The average molecular weight is 294 g/mol. The molecule has 0 atom stereocenters. The van der Waals surface area contributed by atoms with E-state index < -0.39 is 19.9 Å². The van der Waals surface area contributed by atoms with Crippen LogP contribution >= 0.6 is 0 Å². The van der Waals surface area contributed by atoms with Crippen molar-refractivity contribution < 1.29 is 14.3 Å². The van der Waals surface area contributed by atoms with E-state index in [1.54, 1.807) is 18.2 Å². The molecule has 1 aromatic rings. The van der Waals surface area contributed by atoms with Gasteiger partial charge in [-0.05, 0) is 49.7 Å². The highest BCUT2D eigenvalue weighted by Gasteiger charge is 2.36. The normalized spacial score (nSPS) is 12.4. The van der Waals surface area contributed by atoms with Crippen LogP contribution in [-0.4, -0.2) is 19.4 Å². The van der Waals surface area contributed by atoms with E-state index in [2.05, 4.69) is 20.8 Å². The number of hydrogen-bond acceptors (Lipinski definition) is 2. The van der Waals surface area contributed by atoms with E-state index in [-0.39, 0.29) is 0 Å². The second-order valence-electron chi connectivity index (χ2n) is 5.74. The second kappa shape index (κ2) is 6.55. The number of rotatable bonds is 7. The lowest BCUT2D eigenvalue weighted by molar-refractivity contribution is 0.0695. The maximum absolute atomic E-state index is 11.1. The van der Waals surface area contributed by atoms with Gasteiger partial charge in [0, 0.05) is 0 Å². The van der Waals surface area contributed by atoms with Crippen LogP contribution in [0.2, 0.25) is 18.1 Å². The zero-order valence-electron chi connectivity index (χ0n) is 13.2. The lowest BCUT2D eigenvalue weighted by Gasteiger charge is -2.38. The number of hydrogen-bond donors (Lipinski definition) is 1. The van der Waals surface area contributed by atoms with Crippen molar-refractivity contribution in [2.24, 2.45) is 0 Å². The van der Waals surface area contributed by atoms with Crippen molar-refractivity contribution in [3.05, 3.63) is 35.4 Å². The molecule has 0 aliphatic carbocycles. The average Bonchev–Trinajstić information content (AvgIpc) is 2.45. The molecule has 1 rings (SSSR count). The molecule has 0 amide bonds. The Morgan fingerprint density at radius 2 is 1.75 bits per heavy atom. The topological polar surface area (TPSA) is 46.5 Å².